The van der Waals surface area contributed by atoms with Crippen molar-refractivity contribution in [3.8, 4) is 5.75 Å². The first kappa shape index (κ1) is 16.0. The summed E-state index contributed by atoms with van der Waals surface area (Å²) < 4.78 is 5.75. The summed E-state index contributed by atoms with van der Waals surface area (Å²) in [6.07, 6.45) is 1.30. The van der Waals surface area contributed by atoms with Gasteiger partial charge in [0, 0.05) is 13.0 Å². The van der Waals surface area contributed by atoms with Gasteiger partial charge in [0.15, 0.2) is 0 Å². The zero-order valence-corrected chi connectivity index (χ0v) is 12.6. The predicted molar refractivity (Wildman–Crippen MR) is 87.6 cm³/mol. The van der Waals surface area contributed by atoms with E-state index < -0.39 is 0 Å². The fraction of sp³-hybridized carbons (Fsp3) is 0.278. The van der Waals surface area contributed by atoms with E-state index in [2.05, 4.69) is 17.4 Å². The molecule has 0 heterocycles. The lowest BCUT2D eigenvalue weighted by Gasteiger charge is -2.08. The Hall–Kier alpha value is -2.33. The maximum atomic E-state index is 10.6. The Morgan fingerprint density at radius 3 is 2.36 bits per heavy atom. The van der Waals surface area contributed by atoms with Gasteiger partial charge in [-0.1, -0.05) is 42.5 Å². The molecule has 2 aromatic carbocycles. The summed E-state index contributed by atoms with van der Waals surface area (Å²) in [6.45, 7) is 2.04. The molecule has 0 atom stereocenters. The molecular formula is C18H22N2O2. The first-order chi connectivity index (χ1) is 10.7. The summed E-state index contributed by atoms with van der Waals surface area (Å²) in [5.41, 5.74) is 7.47. The molecule has 0 bridgehead atoms. The number of amides is 1. The normalized spacial score (nSPS) is 10.4. The van der Waals surface area contributed by atoms with Crippen molar-refractivity contribution in [1.29, 1.82) is 0 Å². The second-order valence-corrected chi connectivity index (χ2v) is 5.13. The smallest absolute Gasteiger partial charge is 0.218 e. The van der Waals surface area contributed by atoms with Crippen LogP contribution in [-0.4, -0.2) is 19.0 Å². The Morgan fingerprint density at radius 1 is 0.955 bits per heavy atom. The molecule has 4 heteroatoms. The van der Waals surface area contributed by atoms with Gasteiger partial charge in [0.1, 0.15) is 12.4 Å². The second kappa shape index (κ2) is 8.85. The lowest BCUT2D eigenvalue weighted by atomic mass is 10.1. The van der Waals surface area contributed by atoms with Gasteiger partial charge >= 0.3 is 0 Å². The van der Waals surface area contributed by atoms with Gasteiger partial charge in [-0.25, -0.2) is 0 Å². The summed E-state index contributed by atoms with van der Waals surface area (Å²) in [5.74, 6) is 0.599. The fourth-order valence-electron chi connectivity index (χ4n) is 2.06. The summed E-state index contributed by atoms with van der Waals surface area (Å²) in [6, 6.07) is 18.2. The number of primary amides is 1. The van der Waals surface area contributed by atoms with E-state index in [1.54, 1.807) is 0 Å². The number of carbonyl (C=O) groups is 1. The minimum atomic E-state index is -0.271. The Labute approximate surface area is 131 Å². The molecule has 0 aliphatic rings. The van der Waals surface area contributed by atoms with Crippen LogP contribution in [0.4, 0.5) is 0 Å². The van der Waals surface area contributed by atoms with Gasteiger partial charge in [-0.2, -0.15) is 0 Å². The average Bonchev–Trinajstić information content (AvgIpc) is 2.54. The maximum Gasteiger partial charge on any atom is 0.218 e. The average molecular weight is 298 g/mol. The molecule has 0 aromatic heterocycles. The highest BCUT2D eigenvalue weighted by molar-refractivity contribution is 5.73. The quantitative estimate of drug-likeness (QED) is 0.698. The molecule has 2 aromatic rings. The molecule has 2 rings (SSSR count). The highest BCUT2D eigenvalue weighted by atomic mass is 16.5. The van der Waals surface area contributed by atoms with E-state index >= 15 is 0 Å². The lowest BCUT2D eigenvalue weighted by molar-refractivity contribution is -0.117. The van der Waals surface area contributed by atoms with Gasteiger partial charge in [0.25, 0.3) is 0 Å². The summed E-state index contributed by atoms with van der Waals surface area (Å²) in [5, 5.41) is 3.19. The minimum Gasteiger partial charge on any atom is -0.489 e. The predicted octanol–water partition coefficient (Wildman–Crippen LogP) is 2.27. The van der Waals surface area contributed by atoms with Crippen molar-refractivity contribution in [3.05, 3.63) is 65.7 Å². The van der Waals surface area contributed by atoms with E-state index in [-0.39, 0.29) is 5.91 Å². The minimum absolute atomic E-state index is 0.271. The number of nitrogens with one attached hydrogen (secondary N) is 1. The Kier molecular flexibility index (Phi) is 6.45. The Morgan fingerprint density at radius 2 is 1.68 bits per heavy atom. The lowest BCUT2D eigenvalue weighted by Crippen LogP contribution is -2.23. The van der Waals surface area contributed by atoms with Crippen molar-refractivity contribution in [2.24, 2.45) is 5.73 Å². The van der Waals surface area contributed by atoms with Crippen LogP contribution in [0, 0.1) is 0 Å². The van der Waals surface area contributed by atoms with Crippen LogP contribution in [0.3, 0.4) is 0 Å². The van der Waals surface area contributed by atoms with Gasteiger partial charge in [0.05, 0.1) is 0 Å². The third-order valence-corrected chi connectivity index (χ3v) is 3.31. The maximum absolute atomic E-state index is 10.6. The van der Waals surface area contributed by atoms with E-state index in [1.807, 2.05) is 42.5 Å². The number of hydrogen-bond donors (Lipinski definition) is 2. The monoisotopic (exact) mass is 298 g/mol. The molecule has 1 amide bonds. The first-order valence-corrected chi connectivity index (χ1v) is 7.49. The molecule has 0 aliphatic carbocycles. The van der Waals surface area contributed by atoms with Gasteiger partial charge < -0.3 is 15.8 Å². The van der Waals surface area contributed by atoms with E-state index in [9.17, 15) is 4.79 Å². The molecule has 0 unspecified atom stereocenters. The van der Waals surface area contributed by atoms with Gasteiger partial charge in [-0.05, 0) is 36.2 Å². The topological polar surface area (TPSA) is 64.4 Å². The van der Waals surface area contributed by atoms with Crippen molar-refractivity contribution >= 4 is 5.91 Å². The number of nitrogens with two attached hydrogens (primary N) is 1. The fourth-order valence-corrected chi connectivity index (χ4v) is 2.06. The van der Waals surface area contributed by atoms with Crippen LogP contribution in [0.15, 0.2) is 54.6 Å². The van der Waals surface area contributed by atoms with Crippen molar-refractivity contribution in [2.45, 2.75) is 19.4 Å². The number of benzene rings is 2. The first-order valence-electron chi connectivity index (χ1n) is 7.49. The zero-order chi connectivity index (χ0) is 15.6. The van der Waals surface area contributed by atoms with E-state index in [1.165, 1.54) is 5.56 Å². The summed E-state index contributed by atoms with van der Waals surface area (Å²) in [4.78, 5) is 10.6. The van der Waals surface area contributed by atoms with Crippen LogP contribution < -0.4 is 15.8 Å². The molecule has 4 nitrogen and oxygen atoms in total. The largest absolute Gasteiger partial charge is 0.489 e. The molecule has 0 radical (unpaired) electrons. The molecule has 0 fully saturated rings. The SMILES string of the molecule is NC(=O)CCNCCc1ccc(OCc2ccccc2)cc1. The van der Waals surface area contributed by atoms with Gasteiger partial charge in [-0.3, -0.25) is 4.79 Å². The molecule has 3 N–H and O–H groups in total. The van der Waals surface area contributed by atoms with Crippen molar-refractivity contribution in [2.75, 3.05) is 13.1 Å². The van der Waals surface area contributed by atoms with Crippen molar-refractivity contribution < 1.29 is 9.53 Å². The zero-order valence-electron chi connectivity index (χ0n) is 12.6. The number of ether oxygens (including phenoxy) is 1. The molecule has 22 heavy (non-hydrogen) atoms. The van der Waals surface area contributed by atoms with Crippen LogP contribution in [0.25, 0.3) is 0 Å². The van der Waals surface area contributed by atoms with Crippen LogP contribution in [0.1, 0.15) is 17.5 Å². The third-order valence-electron chi connectivity index (χ3n) is 3.31. The standard InChI is InChI=1S/C18H22N2O2/c19-18(21)11-13-20-12-10-15-6-8-17(9-7-15)22-14-16-4-2-1-3-5-16/h1-9,20H,10-14H2,(H2,19,21). The van der Waals surface area contributed by atoms with Crippen molar-refractivity contribution in [1.82, 2.24) is 5.32 Å². The van der Waals surface area contributed by atoms with Crippen LogP contribution in [0.2, 0.25) is 0 Å². The molecule has 0 aliphatic heterocycles. The van der Waals surface area contributed by atoms with E-state index in [4.69, 9.17) is 10.5 Å². The third kappa shape index (κ3) is 5.97. The highest BCUT2D eigenvalue weighted by Gasteiger charge is 1.98. The van der Waals surface area contributed by atoms with Crippen LogP contribution in [0.5, 0.6) is 5.75 Å². The molecular weight excluding hydrogens is 276 g/mol. The van der Waals surface area contributed by atoms with E-state index in [0.29, 0.717) is 19.6 Å². The Balaban J connectivity index is 1.70. The number of hydrogen-bond acceptors (Lipinski definition) is 3. The van der Waals surface area contributed by atoms with Gasteiger partial charge in [-0.15, -0.1) is 0 Å². The molecule has 116 valence electrons. The summed E-state index contributed by atoms with van der Waals surface area (Å²) >= 11 is 0. The van der Waals surface area contributed by atoms with Gasteiger partial charge in [0.2, 0.25) is 5.91 Å². The molecule has 0 saturated heterocycles. The highest BCUT2D eigenvalue weighted by Crippen LogP contribution is 2.14. The van der Waals surface area contributed by atoms with Crippen molar-refractivity contribution in [3.63, 3.8) is 0 Å². The van der Waals surface area contributed by atoms with E-state index in [0.717, 1.165) is 24.3 Å². The van der Waals surface area contributed by atoms with Crippen LogP contribution >= 0.6 is 0 Å². The number of carbonyl (C=O) groups excluding carboxylic acids is 1. The Bertz CT molecular complexity index is 567. The molecule has 0 saturated carbocycles. The van der Waals surface area contributed by atoms with Crippen LogP contribution in [-0.2, 0) is 17.8 Å². The second-order valence-electron chi connectivity index (χ2n) is 5.13. The number of rotatable bonds is 9. The summed E-state index contributed by atoms with van der Waals surface area (Å²) in [7, 11) is 0. The molecule has 0 spiro atoms.